The number of hydrogen-bond acceptors (Lipinski definition) is 3. The van der Waals surface area contributed by atoms with Crippen LogP contribution in [0.3, 0.4) is 0 Å². The first kappa shape index (κ1) is 13.6. The Kier molecular flexibility index (Phi) is 4.33. The van der Waals surface area contributed by atoms with Crippen LogP contribution < -0.4 is 15.5 Å². The zero-order chi connectivity index (χ0) is 13.8. The molecule has 0 radical (unpaired) electrons. The second-order valence-corrected chi connectivity index (χ2v) is 5.74. The Labute approximate surface area is 120 Å². The van der Waals surface area contributed by atoms with Crippen LogP contribution >= 0.6 is 0 Å². The molecule has 1 aromatic rings. The van der Waals surface area contributed by atoms with E-state index in [0.29, 0.717) is 12.6 Å². The quantitative estimate of drug-likeness (QED) is 0.873. The number of anilines is 1. The summed E-state index contributed by atoms with van der Waals surface area (Å²) < 4.78 is 0. The molecule has 0 aliphatic carbocycles. The Morgan fingerprint density at radius 1 is 1.25 bits per heavy atom. The SMILES string of the molecule is O=C1CNCCN1c1cccc(CC2CCCCN2)c1. The topological polar surface area (TPSA) is 44.4 Å². The van der Waals surface area contributed by atoms with Gasteiger partial charge in [-0.2, -0.15) is 0 Å². The molecule has 0 saturated carbocycles. The molecule has 2 fully saturated rings. The van der Waals surface area contributed by atoms with Crippen molar-refractivity contribution in [3.63, 3.8) is 0 Å². The van der Waals surface area contributed by atoms with Crippen LogP contribution in [0.15, 0.2) is 24.3 Å². The molecule has 2 aliphatic heterocycles. The lowest BCUT2D eigenvalue weighted by Crippen LogP contribution is -2.48. The molecular formula is C16H23N3O. The van der Waals surface area contributed by atoms with Gasteiger partial charge in [0.15, 0.2) is 0 Å². The summed E-state index contributed by atoms with van der Waals surface area (Å²) in [6, 6.07) is 9.06. The molecule has 1 amide bonds. The lowest BCUT2D eigenvalue weighted by molar-refractivity contribution is -0.118. The summed E-state index contributed by atoms with van der Waals surface area (Å²) in [7, 11) is 0. The van der Waals surface area contributed by atoms with Crippen molar-refractivity contribution in [2.24, 2.45) is 0 Å². The van der Waals surface area contributed by atoms with E-state index < -0.39 is 0 Å². The van der Waals surface area contributed by atoms with Crippen LogP contribution in [0.25, 0.3) is 0 Å². The zero-order valence-electron chi connectivity index (χ0n) is 11.9. The van der Waals surface area contributed by atoms with Crippen LogP contribution in [0.5, 0.6) is 0 Å². The number of benzene rings is 1. The maximum atomic E-state index is 11.9. The molecule has 4 heteroatoms. The van der Waals surface area contributed by atoms with E-state index in [4.69, 9.17) is 0 Å². The van der Waals surface area contributed by atoms with Crippen LogP contribution in [0.2, 0.25) is 0 Å². The first-order valence-corrected chi connectivity index (χ1v) is 7.66. The zero-order valence-corrected chi connectivity index (χ0v) is 11.9. The molecule has 0 aromatic heterocycles. The number of amides is 1. The lowest BCUT2D eigenvalue weighted by Gasteiger charge is -2.28. The van der Waals surface area contributed by atoms with Crippen LogP contribution in [0.1, 0.15) is 24.8 Å². The molecule has 108 valence electrons. The van der Waals surface area contributed by atoms with Crippen molar-refractivity contribution in [2.75, 3.05) is 31.1 Å². The monoisotopic (exact) mass is 273 g/mol. The number of nitrogens with zero attached hydrogens (tertiary/aromatic N) is 1. The van der Waals surface area contributed by atoms with E-state index in [1.807, 2.05) is 11.0 Å². The van der Waals surface area contributed by atoms with E-state index in [-0.39, 0.29) is 5.91 Å². The minimum atomic E-state index is 0.171. The molecule has 1 atom stereocenters. The molecule has 1 aromatic carbocycles. The molecule has 2 aliphatic rings. The maximum absolute atomic E-state index is 11.9. The minimum absolute atomic E-state index is 0.171. The molecule has 20 heavy (non-hydrogen) atoms. The number of piperidine rings is 1. The molecule has 4 nitrogen and oxygen atoms in total. The molecular weight excluding hydrogens is 250 g/mol. The van der Waals surface area contributed by atoms with Crippen LogP contribution in [-0.4, -0.2) is 38.1 Å². The summed E-state index contributed by atoms with van der Waals surface area (Å²) in [6.07, 6.45) is 4.95. The summed E-state index contributed by atoms with van der Waals surface area (Å²) in [4.78, 5) is 13.8. The second kappa shape index (κ2) is 6.37. The fourth-order valence-corrected chi connectivity index (χ4v) is 3.11. The van der Waals surface area contributed by atoms with Crippen molar-refractivity contribution >= 4 is 11.6 Å². The van der Waals surface area contributed by atoms with Gasteiger partial charge in [0.2, 0.25) is 5.91 Å². The first-order valence-electron chi connectivity index (χ1n) is 7.66. The molecule has 0 spiro atoms. The summed E-state index contributed by atoms with van der Waals surface area (Å²) >= 11 is 0. The average Bonchev–Trinajstić information content (AvgIpc) is 2.49. The van der Waals surface area contributed by atoms with Gasteiger partial charge in [-0.1, -0.05) is 18.6 Å². The van der Waals surface area contributed by atoms with Crippen LogP contribution in [0.4, 0.5) is 5.69 Å². The van der Waals surface area contributed by atoms with Crippen molar-refractivity contribution in [3.05, 3.63) is 29.8 Å². The van der Waals surface area contributed by atoms with Crippen molar-refractivity contribution in [1.29, 1.82) is 0 Å². The molecule has 3 rings (SSSR count). The number of piperazine rings is 1. The van der Waals surface area contributed by atoms with Gasteiger partial charge in [0.1, 0.15) is 0 Å². The number of nitrogens with one attached hydrogen (secondary N) is 2. The third-order valence-electron chi connectivity index (χ3n) is 4.21. The molecule has 0 bridgehead atoms. The number of hydrogen-bond donors (Lipinski definition) is 2. The third-order valence-corrected chi connectivity index (χ3v) is 4.21. The fourth-order valence-electron chi connectivity index (χ4n) is 3.11. The van der Waals surface area contributed by atoms with Crippen molar-refractivity contribution in [2.45, 2.75) is 31.7 Å². The number of carbonyl (C=O) groups is 1. The third kappa shape index (κ3) is 3.19. The highest BCUT2D eigenvalue weighted by Crippen LogP contribution is 2.20. The maximum Gasteiger partial charge on any atom is 0.240 e. The summed E-state index contributed by atoms with van der Waals surface area (Å²) in [5, 5.41) is 6.70. The van der Waals surface area contributed by atoms with Gasteiger partial charge in [-0.3, -0.25) is 4.79 Å². The Morgan fingerprint density at radius 3 is 3.00 bits per heavy atom. The summed E-state index contributed by atoms with van der Waals surface area (Å²) in [5.74, 6) is 0.171. The van der Waals surface area contributed by atoms with E-state index in [0.717, 1.165) is 31.7 Å². The van der Waals surface area contributed by atoms with Crippen molar-refractivity contribution < 1.29 is 4.79 Å². The lowest BCUT2D eigenvalue weighted by atomic mass is 9.97. The Balaban J connectivity index is 1.70. The first-order chi connectivity index (χ1) is 9.83. The summed E-state index contributed by atoms with van der Waals surface area (Å²) in [6.45, 7) is 3.24. The van der Waals surface area contributed by atoms with Gasteiger partial charge in [0.25, 0.3) is 0 Å². The summed E-state index contributed by atoms with van der Waals surface area (Å²) in [5.41, 5.74) is 2.37. The Hall–Kier alpha value is -1.39. The van der Waals surface area contributed by atoms with Gasteiger partial charge < -0.3 is 15.5 Å². The minimum Gasteiger partial charge on any atom is -0.314 e. The molecule has 2 saturated heterocycles. The highest BCUT2D eigenvalue weighted by atomic mass is 16.2. The van der Waals surface area contributed by atoms with E-state index in [1.165, 1.54) is 24.8 Å². The predicted molar refractivity (Wildman–Crippen MR) is 81.0 cm³/mol. The molecule has 2 heterocycles. The molecule has 2 N–H and O–H groups in total. The average molecular weight is 273 g/mol. The standard InChI is InChI=1S/C16H23N3O/c20-16-12-17-8-9-19(16)15-6-3-4-13(11-15)10-14-5-1-2-7-18-14/h3-4,6,11,14,17-18H,1-2,5,7-10,12H2. The predicted octanol–water partition coefficient (Wildman–Crippen LogP) is 1.31. The molecule has 1 unspecified atom stereocenters. The van der Waals surface area contributed by atoms with Gasteiger partial charge in [-0.25, -0.2) is 0 Å². The van der Waals surface area contributed by atoms with Gasteiger partial charge in [-0.15, -0.1) is 0 Å². The van der Waals surface area contributed by atoms with E-state index in [9.17, 15) is 4.79 Å². The normalized spacial score (nSPS) is 23.9. The number of carbonyl (C=O) groups excluding carboxylic acids is 1. The fraction of sp³-hybridized carbons (Fsp3) is 0.562. The second-order valence-electron chi connectivity index (χ2n) is 5.74. The van der Waals surface area contributed by atoms with Gasteiger partial charge in [-0.05, 0) is 43.5 Å². The van der Waals surface area contributed by atoms with Crippen LogP contribution in [-0.2, 0) is 11.2 Å². The van der Waals surface area contributed by atoms with Gasteiger partial charge in [0.05, 0.1) is 6.54 Å². The largest absolute Gasteiger partial charge is 0.314 e. The number of rotatable bonds is 3. The highest BCUT2D eigenvalue weighted by Gasteiger charge is 2.20. The smallest absolute Gasteiger partial charge is 0.240 e. The Bertz CT molecular complexity index is 469. The van der Waals surface area contributed by atoms with Crippen molar-refractivity contribution in [3.8, 4) is 0 Å². The van der Waals surface area contributed by atoms with Gasteiger partial charge in [0, 0.05) is 24.8 Å². The van der Waals surface area contributed by atoms with Gasteiger partial charge >= 0.3 is 0 Å². The van der Waals surface area contributed by atoms with E-state index >= 15 is 0 Å². The van der Waals surface area contributed by atoms with E-state index in [1.54, 1.807) is 0 Å². The van der Waals surface area contributed by atoms with Crippen LogP contribution in [0, 0.1) is 0 Å². The Morgan fingerprint density at radius 2 is 2.20 bits per heavy atom. The van der Waals surface area contributed by atoms with E-state index in [2.05, 4.69) is 28.8 Å². The van der Waals surface area contributed by atoms with Crippen molar-refractivity contribution in [1.82, 2.24) is 10.6 Å². The highest BCUT2D eigenvalue weighted by molar-refractivity contribution is 5.95.